The third-order valence-electron chi connectivity index (χ3n) is 3.43. The lowest BCUT2D eigenvalue weighted by Crippen LogP contribution is -2.17. The number of aryl methyl sites for hydroxylation is 2. The first kappa shape index (κ1) is 11.2. The number of methoxy groups -OCH3 is 1. The lowest BCUT2D eigenvalue weighted by Gasteiger charge is -2.10. The largest absolute Gasteiger partial charge is 0.375 e. The zero-order chi connectivity index (χ0) is 12.5. The van der Waals surface area contributed by atoms with E-state index in [4.69, 9.17) is 4.74 Å². The topological polar surface area (TPSA) is 38.3 Å². The fourth-order valence-electron chi connectivity index (χ4n) is 2.67. The van der Waals surface area contributed by atoms with Crippen molar-refractivity contribution in [1.29, 1.82) is 0 Å². The molecule has 0 radical (unpaired) electrons. The predicted octanol–water partition coefficient (Wildman–Crippen LogP) is 2.52. The zero-order valence-electron chi connectivity index (χ0n) is 10.3. The summed E-state index contributed by atoms with van der Waals surface area (Å²) in [6.07, 6.45) is 2.20. The normalized spacial score (nSPS) is 12.9. The molecule has 2 aromatic rings. The van der Waals surface area contributed by atoms with E-state index in [1.165, 1.54) is 23.6 Å². The minimum absolute atomic E-state index is 0.0862. The van der Waals surface area contributed by atoms with E-state index >= 15 is 0 Å². The van der Waals surface area contributed by atoms with Gasteiger partial charge in [0.05, 0.1) is 0 Å². The van der Waals surface area contributed by atoms with Gasteiger partial charge in [0.2, 0.25) is 5.91 Å². The lowest BCUT2D eigenvalue weighted by molar-refractivity contribution is -0.119. The number of hydrogen-bond acceptors (Lipinski definition) is 2. The van der Waals surface area contributed by atoms with Crippen molar-refractivity contribution >= 4 is 22.4 Å². The number of rotatable bonds is 3. The quantitative estimate of drug-likeness (QED) is 0.896. The molecule has 0 aliphatic heterocycles. The average Bonchev–Trinajstić information content (AvgIpc) is 2.78. The molecule has 2 aromatic carbocycles. The molecule has 18 heavy (non-hydrogen) atoms. The van der Waals surface area contributed by atoms with Crippen molar-refractivity contribution in [2.24, 2.45) is 0 Å². The summed E-state index contributed by atoms with van der Waals surface area (Å²) in [5, 5.41) is 5.35. The van der Waals surface area contributed by atoms with Crippen LogP contribution in [0.3, 0.4) is 0 Å². The van der Waals surface area contributed by atoms with Gasteiger partial charge < -0.3 is 10.1 Å². The third-order valence-corrected chi connectivity index (χ3v) is 3.43. The summed E-state index contributed by atoms with van der Waals surface area (Å²) in [5.41, 5.74) is 3.63. The van der Waals surface area contributed by atoms with Crippen molar-refractivity contribution in [3.63, 3.8) is 0 Å². The van der Waals surface area contributed by atoms with Crippen LogP contribution >= 0.6 is 0 Å². The monoisotopic (exact) mass is 241 g/mol. The molecule has 3 rings (SSSR count). The molecule has 0 atom stereocenters. The van der Waals surface area contributed by atoms with E-state index in [1.807, 2.05) is 6.07 Å². The molecule has 0 aromatic heterocycles. The van der Waals surface area contributed by atoms with E-state index in [0.717, 1.165) is 23.9 Å². The first-order valence-electron chi connectivity index (χ1n) is 6.12. The summed E-state index contributed by atoms with van der Waals surface area (Å²) in [5.74, 6) is -0.115. The molecular weight excluding hydrogens is 226 g/mol. The second-order valence-corrected chi connectivity index (χ2v) is 4.59. The van der Waals surface area contributed by atoms with E-state index < -0.39 is 0 Å². The number of ether oxygens (including phenoxy) is 1. The Morgan fingerprint density at radius 3 is 2.78 bits per heavy atom. The van der Waals surface area contributed by atoms with Crippen LogP contribution in [-0.4, -0.2) is 19.6 Å². The molecule has 0 fully saturated rings. The van der Waals surface area contributed by atoms with Gasteiger partial charge >= 0.3 is 0 Å². The van der Waals surface area contributed by atoms with Crippen LogP contribution < -0.4 is 5.32 Å². The number of anilines is 1. The zero-order valence-corrected chi connectivity index (χ0v) is 10.3. The number of carbonyl (C=O) groups excluding carboxylic acids is 1. The minimum atomic E-state index is -0.115. The Morgan fingerprint density at radius 1 is 1.22 bits per heavy atom. The molecule has 3 nitrogen and oxygen atoms in total. The van der Waals surface area contributed by atoms with Gasteiger partial charge in [0.15, 0.2) is 0 Å². The molecule has 0 saturated carbocycles. The van der Waals surface area contributed by atoms with Gasteiger partial charge in [-0.15, -0.1) is 0 Å². The van der Waals surface area contributed by atoms with Crippen molar-refractivity contribution < 1.29 is 9.53 Å². The van der Waals surface area contributed by atoms with Gasteiger partial charge in [-0.2, -0.15) is 0 Å². The van der Waals surface area contributed by atoms with Crippen molar-refractivity contribution in [3.8, 4) is 0 Å². The Kier molecular flexibility index (Phi) is 2.76. The molecule has 0 bridgehead atoms. The maximum Gasteiger partial charge on any atom is 0.250 e. The Hall–Kier alpha value is -1.87. The Bertz CT molecular complexity index is 609. The summed E-state index contributed by atoms with van der Waals surface area (Å²) < 4.78 is 4.84. The highest BCUT2D eigenvalue weighted by molar-refractivity contribution is 6.05. The molecule has 0 saturated heterocycles. The van der Waals surface area contributed by atoms with Gasteiger partial charge in [0.1, 0.15) is 6.61 Å². The molecule has 0 heterocycles. The fraction of sp³-hybridized carbons (Fsp3) is 0.267. The maximum atomic E-state index is 11.6. The van der Waals surface area contributed by atoms with Gasteiger partial charge in [0, 0.05) is 18.2 Å². The Morgan fingerprint density at radius 2 is 2.00 bits per heavy atom. The summed E-state index contributed by atoms with van der Waals surface area (Å²) in [4.78, 5) is 11.6. The molecule has 0 spiro atoms. The van der Waals surface area contributed by atoms with E-state index in [0.29, 0.717) is 0 Å². The molecular formula is C15H15NO2. The van der Waals surface area contributed by atoms with Crippen molar-refractivity contribution in [2.45, 2.75) is 12.8 Å². The number of nitrogens with one attached hydrogen (secondary N) is 1. The molecule has 1 aliphatic carbocycles. The summed E-state index contributed by atoms with van der Waals surface area (Å²) in [7, 11) is 1.52. The highest BCUT2D eigenvalue weighted by atomic mass is 16.5. The smallest absolute Gasteiger partial charge is 0.250 e. The van der Waals surface area contributed by atoms with Crippen molar-refractivity contribution in [2.75, 3.05) is 19.0 Å². The summed E-state index contributed by atoms with van der Waals surface area (Å²) >= 11 is 0. The first-order valence-corrected chi connectivity index (χ1v) is 6.12. The molecule has 1 aliphatic rings. The van der Waals surface area contributed by atoms with E-state index in [2.05, 4.69) is 29.6 Å². The molecule has 3 heteroatoms. The molecule has 1 amide bonds. The number of amides is 1. The van der Waals surface area contributed by atoms with Crippen LogP contribution in [0.2, 0.25) is 0 Å². The van der Waals surface area contributed by atoms with Gasteiger partial charge in [-0.3, -0.25) is 4.79 Å². The van der Waals surface area contributed by atoms with Crippen LogP contribution in [0, 0.1) is 0 Å². The van der Waals surface area contributed by atoms with E-state index in [9.17, 15) is 4.79 Å². The van der Waals surface area contributed by atoms with E-state index in [-0.39, 0.29) is 12.5 Å². The van der Waals surface area contributed by atoms with Gasteiger partial charge in [-0.05, 0) is 35.4 Å². The van der Waals surface area contributed by atoms with Crippen LogP contribution in [0.5, 0.6) is 0 Å². The van der Waals surface area contributed by atoms with E-state index in [1.54, 1.807) is 0 Å². The van der Waals surface area contributed by atoms with Gasteiger partial charge in [0.25, 0.3) is 0 Å². The number of benzene rings is 2. The third kappa shape index (κ3) is 1.77. The number of hydrogen-bond donors (Lipinski definition) is 1. The van der Waals surface area contributed by atoms with Crippen LogP contribution in [0.25, 0.3) is 10.8 Å². The minimum Gasteiger partial charge on any atom is -0.375 e. The molecule has 92 valence electrons. The molecule has 0 unspecified atom stereocenters. The second kappa shape index (κ2) is 4.42. The fourth-order valence-corrected chi connectivity index (χ4v) is 2.67. The highest BCUT2D eigenvalue weighted by Gasteiger charge is 2.16. The summed E-state index contributed by atoms with van der Waals surface area (Å²) in [6.45, 7) is 0.0862. The van der Waals surface area contributed by atoms with Gasteiger partial charge in [-0.25, -0.2) is 0 Å². The standard InChI is InChI=1S/C15H15NO2/c1-18-9-14(17)16-13-8-7-11-6-5-10-3-2-4-12(13)15(10)11/h2-4,7-8H,5-6,9H2,1H3,(H,16,17). The van der Waals surface area contributed by atoms with Crippen molar-refractivity contribution in [1.82, 2.24) is 0 Å². The highest BCUT2D eigenvalue weighted by Crippen LogP contribution is 2.34. The number of carbonyl (C=O) groups is 1. The first-order chi connectivity index (χ1) is 8.79. The van der Waals surface area contributed by atoms with Crippen LogP contribution in [0.15, 0.2) is 30.3 Å². The van der Waals surface area contributed by atoms with Crippen LogP contribution in [-0.2, 0) is 22.4 Å². The second-order valence-electron chi connectivity index (χ2n) is 4.59. The lowest BCUT2D eigenvalue weighted by atomic mass is 10.0. The Balaban J connectivity index is 2.06. The van der Waals surface area contributed by atoms with Gasteiger partial charge in [-0.1, -0.05) is 24.3 Å². The van der Waals surface area contributed by atoms with Crippen LogP contribution in [0.4, 0.5) is 5.69 Å². The van der Waals surface area contributed by atoms with Crippen LogP contribution in [0.1, 0.15) is 11.1 Å². The molecule has 1 N–H and O–H groups in total. The SMILES string of the molecule is COCC(=O)Nc1ccc2c3c(cccc13)CC2. The predicted molar refractivity (Wildman–Crippen MR) is 71.9 cm³/mol. The Labute approximate surface area is 106 Å². The maximum absolute atomic E-state index is 11.6. The summed E-state index contributed by atoms with van der Waals surface area (Å²) in [6, 6.07) is 10.4. The van der Waals surface area contributed by atoms with Crippen molar-refractivity contribution in [3.05, 3.63) is 41.5 Å². The average molecular weight is 241 g/mol.